The molecular formula is C29H28Cl2N2O3. The molecular weight excluding hydrogens is 495 g/mol. The number of hydrogen-bond acceptors (Lipinski definition) is 3. The molecule has 0 atom stereocenters. The van der Waals surface area contributed by atoms with E-state index in [1.165, 1.54) is 0 Å². The minimum Gasteiger partial charge on any atom is -0.487 e. The molecule has 186 valence electrons. The monoisotopic (exact) mass is 522 g/mol. The number of carboxylic acids is 1. The van der Waals surface area contributed by atoms with E-state index >= 15 is 0 Å². The van der Waals surface area contributed by atoms with E-state index in [0.29, 0.717) is 28.8 Å². The van der Waals surface area contributed by atoms with Gasteiger partial charge in [0.05, 0.1) is 21.9 Å². The van der Waals surface area contributed by atoms with E-state index in [9.17, 15) is 4.79 Å². The van der Waals surface area contributed by atoms with Gasteiger partial charge in [-0.2, -0.15) is 5.10 Å². The fourth-order valence-corrected chi connectivity index (χ4v) is 4.76. The molecule has 36 heavy (non-hydrogen) atoms. The third-order valence-corrected chi connectivity index (χ3v) is 6.75. The number of ether oxygens (including phenoxy) is 1. The van der Waals surface area contributed by atoms with Crippen molar-refractivity contribution in [2.24, 2.45) is 0 Å². The molecule has 0 fully saturated rings. The van der Waals surface area contributed by atoms with Crippen molar-refractivity contribution < 1.29 is 14.6 Å². The normalized spacial score (nSPS) is 11.2. The summed E-state index contributed by atoms with van der Waals surface area (Å²) in [6.45, 7) is 6.59. The highest BCUT2D eigenvalue weighted by atomic mass is 35.5. The lowest BCUT2D eigenvalue weighted by atomic mass is 9.98. The van der Waals surface area contributed by atoms with Gasteiger partial charge in [0.2, 0.25) is 0 Å². The summed E-state index contributed by atoms with van der Waals surface area (Å²) in [6, 6.07) is 19.4. The number of halogens is 2. The molecule has 1 heterocycles. The maximum atomic E-state index is 10.8. The quantitative estimate of drug-likeness (QED) is 0.242. The number of aromatic nitrogens is 2. The molecule has 0 aliphatic rings. The van der Waals surface area contributed by atoms with E-state index in [2.05, 4.69) is 18.9 Å². The molecule has 4 rings (SSSR count). The number of hydrogen-bond donors (Lipinski definition) is 1. The lowest BCUT2D eigenvalue weighted by Crippen LogP contribution is -2.09. The van der Waals surface area contributed by atoms with Gasteiger partial charge in [-0.05, 0) is 71.3 Å². The predicted octanol–water partition coefficient (Wildman–Crippen LogP) is 7.87. The number of aryl methyl sites for hydroxylation is 2. The average molecular weight is 523 g/mol. The van der Waals surface area contributed by atoms with Gasteiger partial charge in [0, 0.05) is 6.42 Å². The summed E-state index contributed by atoms with van der Waals surface area (Å²) in [7, 11) is 0. The van der Waals surface area contributed by atoms with Crippen molar-refractivity contribution >= 4 is 29.2 Å². The highest BCUT2D eigenvalue weighted by molar-refractivity contribution is 6.37. The zero-order valence-electron chi connectivity index (χ0n) is 20.5. The molecule has 1 aromatic heterocycles. The Hall–Kier alpha value is -3.28. The van der Waals surface area contributed by atoms with Crippen molar-refractivity contribution in [1.82, 2.24) is 9.78 Å². The molecule has 7 heteroatoms. The van der Waals surface area contributed by atoms with Gasteiger partial charge in [-0.25, -0.2) is 4.68 Å². The molecule has 3 aromatic carbocycles. The highest BCUT2D eigenvalue weighted by Gasteiger charge is 2.19. The molecule has 1 N–H and O–H groups in total. The zero-order valence-corrected chi connectivity index (χ0v) is 22.0. The van der Waals surface area contributed by atoms with Gasteiger partial charge in [-0.3, -0.25) is 4.79 Å². The number of para-hydroxylation sites is 1. The van der Waals surface area contributed by atoms with Crippen molar-refractivity contribution in [3.05, 3.63) is 99.3 Å². The standard InChI is InChI=1S/C29H28Cl2N2O3/c1-18(2)24-16-32-33(29-25(30)5-4-6-26(29)31)27(24)17-36-22-12-13-23(19(3)15-22)21-10-7-20(8-11-21)9-14-28(34)35/h4-8,10-13,15-16,18H,9,14,17H2,1-3H3,(H,34,35). The molecule has 0 amide bonds. The van der Waals surface area contributed by atoms with Crippen LogP contribution in [0.5, 0.6) is 5.75 Å². The van der Waals surface area contributed by atoms with Crippen LogP contribution in [0.4, 0.5) is 0 Å². The summed E-state index contributed by atoms with van der Waals surface area (Å²) < 4.78 is 8.00. The zero-order chi connectivity index (χ0) is 25.8. The molecule has 4 aromatic rings. The fourth-order valence-electron chi connectivity index (χ4n) is 4.20. The first-order valence-electron chi connectivity index (χ1n) is 11.8. The SMILES string of the molecule is Cc1cc(OCc2c(C(C)C)cnn2-c2c(Cl)cccc2Cl)ccc1-c1ccc(CCC(=O)O)cc1. The first-order chi connectivity index (χ1) is 17.2. The summed E-state index contributed by atoms with van der Waals surface area (Å²) in [5.41, 5.74) is 6.88. The largest absolute Gasteiger partial charge is 0.487 e. The van der Waals surface area contributed by atoms with Gasteiger partial charge in [-0.1, -0.05) is 73.4 Å². The van der Waals surface area contributed by atoms with Gasteiger partial charge in [0.25, 0.3) is 0 Å². The first-order valence-corrected chi connectivity index (χ1v) is 12.6. The van der Waals surface area contributed by atoms with Crippen LogP contribution in [0.1, 0.15) is 48.6 Å². The number of benzene rings is 3. The maximum absolute atomic E-state index is 10.8. The third-order valence-electron chi connectivity index (χ3n) is 6.14. The van der Waals surface area contributed by atoms with Crippen molar-refractivity contribution in [2.75, 3.05) is 0 Å². The second-order valence-electron chi connectivity index (χ2n) is 9.04. The summed E-state index contributed by atoms with van der Waals surface area (Å²) >= 11 is 12.9. The number of carbonyl (C=O) groups is 1. The summed E-state index contributed by atoms with van der Waals surface area (Å²) in [5.74, 6) is 0.215. The topological polar surface area (TPSA) is 64.4 Å². The van der Waals surface area contributed by atoms with Gasteiger partial charge in [0.15, 0.2) is 0 Å². The number of nitrogens with zero attached hydrogens (tertiary/aromatic N) is 2. The van der Waals surface area contributed by atoms with Crippen LogP contribution >= 0.6 is 23.2 Å². The van der Waals surface area contributed by atoms with Gasteiger partial charge < -0.3 is 9.84 Å². The van der Waals surface area contributed by atoms with E-state index in [4.69, 9.17) is 33.0 Å². The molecule has 0 bridgehead atoms. The van der Waals surface area contributed by atoms with Gasteiger partial charge in [-0.15, -0.1) is 0 Å². The van der Waals surface area contributed by atoms with Crippen LogP contribution in [0.2, 0.25) is 10.0 Å². The second-order valence-corrected chi connectivity index (χ2v) is 9.85. The van der Waals surface area contributed by atoms with Gasteiger partial charge >= 0.3 is 5.97 Å². The van der Waals surface area contributed by atoms with Crippen LogP contribution in [0.3, 0.4) is 0 Å². The van der Waals surface area contributed by atoms with E-state index in [1.54, 1.807) is 16.8 Å². The molecule has 0 radical (unpaired) electrons. The molecule has 0 aliphatic heterocycles. The molecule has 0 saturated heterocycles. The Labute approximate surface area is 221 Å². The van der Waals surface area contributed by atoms with Crippen molar-refractivity contribution in [3.63, 3.8) is 0 Å². The summed E-state index contributed by atoms with van der Waals surface area (Å²) in [5, 5.41) is 14.5. The van der Waals surface area contributed by atoms with E-state index in [-0.39, 0.29) is 12.3 Å². The van der Waals surface area contributed by atoms with Crippen LogP contribution in [0, 0.1) is 6.92 Å². The Morgan fingerprint density at radius 1 is 1.06 bits per heavy atom. The molecule has 5 nitrogen and oxygen atoms in total. The van der Waals surface area contributed by atoms with Gasteiger partial charge in [0.1, 0.15) is 18.0 Å². The second kappa shape index (κ2) is 11.2. The van der Waals surface area contributed by atoms with Crippen LogP contribution in [-0.4, -0.2) is 20.9 Å². The summed E-state index contributed by atoms with van der Waals surface area (Å²) in [6.07, 6.45) is 2.50. The maximum Gasteiger partial charge on any atom is 0.303 e. The Morgan fingerprint density at radius 3 is 2.36 bits per heavy atom. The Bertz CT molecular complexity index is 1360. The predicted molar refractivity (Wildman–Crippen MR) is 145 cm³/mol. The summed E-state index contributed by atoms with van der Waals surface area (Å²) in [4.78, 5) is 10.8. The average Bonchev–Trinajstić information content (AvgIpc) is 3.25. The smallest absolute Gasteiger partial charge is 0.303 e. The fraction of sp³-hybridized carbons (Fsp3) is 0.241. The van der Waals surface area contributed by atoms with E-state index in [0.717, 1.165) is 39.3 Å². The molecule has 0 saturated carbocycles. The van der Waals surface area contributed by atoms with Crippen LogP contribution in [-0.2, 0) is 17.8 Å². The van der Waals surface area contributed by atoms with Crippen molar-refractivity contribution in [2.45, 2.75) is 46.1 Å². The Balaban J connectivity index is 1.55. The molecule has 0 aliphatic carbocycles. The number of aliphatic carboxylic acids is 1. The molecule has 0 unspecified atom stereocenters. The first kappa shape index (κ1) is 25.8. The van der Waals surface area contributed by atoms with Crippen LogP contribution in [0.15, 0.2) is 66.9 Å². The lowest BCUT2D eigenvalue weighted by molar-refractivity contribution is -0.136. The lowest BCUT2D eigenvalue weighted by Gasteiger charge is -2.16. The Kier molecular flexibility index (Phi) is 8.02. The van der Waals surface area contributed by atoms with Crippen molar-refractivity contribution in [3.8, 4) is 22.6 Å². The Morgan fingerprint density at radius 2 is 1.75 bits per heavy atom. The van der Waals surface area contributed by atoms with Crippen LogP contribution < -0.4 is 4.74 Å². The highest BCUT2D eigenvalue weighted by Crippen LogP contribution is 2.33. The third kappa shape index (κ3) is 5.75. The van der Waals surface area contributed by atoms with Crippen molar-refractivity contribution in [1.29, 1.82) is 0 Å². The number of carboxylic acid groups (broad SMARTS) is 1. The number of rotatable bonds is 9. The molecule has 0 spiro atoms. The van der Waals surface area contributed by atoms with Crippen LogP contribution in [0.25, 0.3) is 16.8 Å². The van der Waals surface area contributed by atoms with E-state index in [1.807, 2.05) is 61.7 Å². The minimum atomic E-state index is -0.788. The minimum absolute atomic E-state index is 0.129. The van der Waals surface area contributed by atoms with E-state index < -0.39 is 5.97 Å².